The Labute approximate surface area is 73.2 Å². The molecule has 4 nitrogen and oxygen atoms in total. The monoisotopic (exact) mass is 178 g/mol. The van der Waals surface area contributed by atoms with E-state index in [0.29, 0.717) is 5.92 Å². The van der Waals surface area contributed by atoms with Gasteiger partial charge in [-0.05, 0) is 12.8 Å². The van der Waals surface area contributed by atoms with Crippen molar-refractivity contribution < 1.29 is 0 Å². The Bertz CT molecular complexity index is 158. The molecular weight excluding hydrogens is 164 g/mol. The minimum atomic E-state index is 0. The second-order valence-electron chi connectivity index (χ2n) is 2.42. The van der Waals surface area contributed by atoms with E-state index < -0.39 is 0 Å². The van der Waals surface area contributed by atoms with E-state index in [0.717, 1.165) is 5.71 Å². The lowest BCUT2D eigenvalue weighted by molar-refractivity contribution is 0.869. The molecule has 0 amide bonds. The molecule has 0 aliphatic rings. The molecule has 0 spiro atoms. The lowest BCUT2D eigenvalue weighted by atomic mass is 10.1. The first-order valence-electron chi connectivity index (χ1n) is 3.17. The van der Waals surface area contributed by atoms with E-state index in [2.05, 4.69) is 10.2 Å². The molecule has 66 valence electrons. The van der Waals surface area contributed by atoms with Gasteiger partial charge in [-0.25, -0.2) is 0 Å². The van der Waals surface area contributed by atoms with Crippen molar-refractivity contribution in [1.82, 2.24) is 0 Å². The van der Waals surface area contributed by atoms with Crippen molar-refractivity contribution in [3.05, 3.63) is 0 Å². The van der Waals surface area contributed by atoms with Crippen LogP contribution in [0.15, 0.2) is 10.2 Å². The summed E-state index contributed by atoms with van der Waals surface area (Å²) in [4.78, 5) is 0. The van der Waals surface area contributed by atoms with E-state index in [9.17, 15) is 0 Å². The molecular formula is C6H15ClN4. The van der Waals surface area contributed by atoms with E-state index in [1.807, 2.05) is 20.8 Å². The molecule has 0 heterocycles. The Morgan fingerprint density at radius 1 is 1.18 bits per heavy atom. The number of hydrogen-bond acceptors (Lipinski definition) is 2. The van der Waals surface area contributed by atoms with Crippen LogP contribution in [-0.2, 0) is 0 Å². The molecule has 0 unspecified atom stereocenters. The van der Waals surface area contributed by atoms with E-state index in [-0.39, 0.29) is 18.4 Å². The van der Waals surface area contributed by atoms with E-state index in [4.69, 9.17) is 11.5 Å². The van der Waals surface area contributed by atoms with Crippen molar-refractivity contribution in [3.8, 4) is 0 Å². The fourth-order valence-electron chi connectivity index (χ4n) is 0.252. The maximum atomic E-state index is 5.06. The third-order valence-electron chi connectivity index (χ3n) is 1.16. The average Bonchev–Trinajstić information content (AvgIpc) is 1.82. The minimum Gasteiger partial charge on any atom is -0.369 e. The summed E-state index contributed by atoms with van der Waals surface area (Å²) < 4.78 is 0. The predicted molar refractivity (Wildman–Crippen MR) is 51.0 cm³/mol. The van der Waals surface area contributed by atoms with Crippen LogP contribution < -0.4 is 11.5 Å². The summed E-state index contributed by atoms with van der Waals surface area (Å²) in [6.45, 7) is 5.94. The van der Waals surface area contributed by atoms with Crippen molar-refractivity contribution in [2.45, 2.75) is 20.8 Å². The zero-order valence-corrected chi connectivity index (χ0v) is 7.85. The summed E-state index contributed by atoms with van der Waals surface area (Å²) in [7, 11) is 0. The van der Waals surface area contributed by atoms with Gasteiger partial charge in [-0.1, -0.05) is 13.8 Å². The summed E-state index contributed by atoms with van der Waals surface area (Å²) >= 11 is 0. The number of nitrogens with zero attached hydrogens (tertiary/aromatic N) is 2. The van der Waals surface area contributed by atoms with Gasteiger partial charge in [-0.2, -0.15) is 5.10 Å². The van der Waals surface area contributed by atoms with E-state index >= 15 is 0 Å². The van der Waals surface area contributed by atoms with Crippen LogP contribution in [0.3, 0.4) is 0 Å². The van der Waals surface area contributed by atoms with Gasteiger partial charge in [0, 0.05) is 5.71 Å². The predicted octanol–water partition coefficient (Wildman–Crippen LogP) is 0.714. The average molecular weight is 179 g/mol. The quantitative estimate of drug-likeness (QED) is 0.371. The van der Waals surface area contributed by atoms with Crippen molar-refractivity contribution in [2.75, 3.05) is 0 Å². The number of nitrogens with two attached hydrogens (primary N) is 2. The van der Waals surface area contributed by atoms with Crippen LogP contribution in [0.1, 0.15) is 20.8 Å². The fraction of sp³-hybridized carbons (Fsp3) is 0.667. The molecule has 4 N–H and O–H groups in total. The van der Waals surface area contributed by atoms with E-state index in [1.54, 1.807) is 0 Å². The number of hydrogen-bond donors (Lipinski definition) is 2. The number of halogens is 1. The van der Waals surface area contributed by atoms with Gasteiger partial charge in [-0.15, -0.1) is 17.5 Å². The van der Waals surface area contributed by atoms with Gasteiger partial charge in [-0.3, -0.25) is 0 Å². The molecule has 0 aromatic carbocycles. The molecule has 0 radical (unpaired) electrons. The molecule has 11 heavy (non-hydrogen) atoms. The second-order valence-corrected chi connectivity index (χ2v) is 2.42. The van der Waals surface area contributed by atoms with Crippen LogP contribution in [0.5, 0.6) is 0 Å². The van der Waals surface area contributed by atoms with Gasteiger partial charge >= 0.3 is 0 Å². The largest absolute Gasteiger partial charge is 0.369 e. The van der Waals surface area contributed by atoms with Crippen LogP contribution in [0.2, 0.25) is 0 Å². The maximum Gasteiger partial charge on any atom is 0.211 e. The van der Waals surface area contributed by atoms with Gasteiger partial charge in [0.1, 0.15) is 0 Å². The number of rotatable bonds is 2. The first-order chi connectivity index (χ1) is 4.54. The molecule has 0 fully saturated rings. The molecule has 0 atom stereocenters. The Balaban J connectivity index is 0. The van der Waals surface area contributed by atoms with Gasteiger partial charge in [0.05, 0.1) is 0 Å². The summed E-state index contributed by atoms with van der Waals surface area (Å²) in [5, 5.41) is 7.28. The Kier molecular flexibility index (Phi) is 6.99. The highest BCUT2D eigenvalue weighted by Crippen LogP contribution is 1.95. The van der Waals surface area contributed by atoms with Crippen LogP contribution in [0, 0.1) is 5.92 Å². The van der Waals surface area contributed by atoms with Gasteiger partial charge in [0.2, 0.25) is 5.96 Å². The van der Waals surface area contributed by atoms with Crippen LogP contribution in [0.4, 0.5) is 0 Å². The minimum absolute atomic E-state index is 0. The molecule has 0 aliphatic carbocycles. The first kappa shape index (κ1) is 12.9. The standard InChI is InChI=1S/C6H14N4.ClH/c1-4(2)5(3)9-10-6(7)8;/h4H,1-3H3,(H4,7,8,10);1H/b9-5-;. The Hall–Kier alpha value is -0.770. The third kappa shape index (κ3) is 7.12. The molecule has 0 bridgehead atoms. The highest BCUT2D eigenvalue weighted by molar-refractivity contribution is 5.85. The smallest absolute Gasteiger partial charge is 0.211 e. The van der Waals surface area contributed by atoms with Crippen LogP contribution in [-0.4, -0.2) is 11.7 Å². The molecule has 0 saturated carbocycles. The van der Waals surface area contributed by atoms with Crippen molar-refractivity contribution in [3.63, 3.8) is 0 Å². The fourth-order valence-corrected chi connectivity index (χ4v) is 0.252. The SMILES string of the molecule is C/C(=N/N=C(N)N)C(C)C.Cl. The molecule has 0 aromatic heterocycles. The molecule has 0 aliphatic heterocycles. The van der Waals surface area contributed by atoms with Crippen molar-refractivity contribution in [1.29, 1.82) is 0 Å². The zero-order valence-electron chi connectivity index (χ0n) is 7.03. The molecule has 0 saturated heterocycles. The van der Waals surface area contributed by atoms with E-state index in [1.165, 1.54) is 0 Å². The second kappa shape index (κ2) is 5.97. The molecule has 0 rings (SSSR count). The normalized spacial score (nSPS) is 10.7. The highest BCUT2D eigenvalue weighted by Gasteiger charge is 1.95. The topological polar surface area (TPSA) is 76.8 Å². The van der Waals surface area contributed by atoms with Gasteiger partial charge in [0.25, 0.3) is 0 Å². The Morgan fingerprint density at radius 2 is 1.64 bits per heavy atom. The molecule has 5 heteroatoms. The van der Waals surface area contributed by atoms with Gasteiger partial charge in [0.15, 0.2) is 0 Å². The third-order valence-corrected chi connectivity index (χ3v) is 1.16. The van der Waals surface area contributed by atoms with Crippen molar-refractivity contribution in [2.24, 2.45) is 27.6 Å². The summed E-state index contributed by atoms with van der Waals surface area (Å²) in [5.74, 6) is 0.392. The lowest BCUT2D eigenvalue weighted by Gasteiger charge is -1.99. The molecule has 0 aromatic rings. The zero-order chi connectivity index (χ0) is 8.15. The summed E-state index contributed by atoms with van der Waals surface area (Å²) in [5.41, 5.74) is 11.0. The number of guanidine groups is 1. The summed E-state index contributed by atoms with van der Waals surface area (Å²) in [6.07, 6.45) is 0. The van der Waals surface area contributed by atoms with Crippen LogP contribution >= 0.6 is 12.4 Å². The van der Waals surface area contributed by atoms with Crippen LogP contribution in [0.25, 0.3) is 0 Å². The first-order valence-corrected chi connectivity index (χ1v) is 3.17. The lowest BCUT2D eigenvalue weighted by Crippen LogP contribution is -2.22. The maximum absolute atomic E-state index is 5.06. The Morgan fingerprint density at radius 3 is 1.91 bits per heavy atom. The van der Waals surface area contributed by atoms with Gasteiger partial charge < -0.3 is 11.5 Å². The highest BCUT2D eigenvalue weighted by atomic mass is 35.5. The summed E-state index contributed by atoms with van der Waals surface area (Å²) in [6, 6.07) is 0. The van der Waals surface area contributed by atoms with Crippen molar-refractivity contribution >= 4 is 24.1 Å².